The normalized spacial score (nSPS) is 14.2. The van der Waals surface area contributed by atoms with E-state index >= 15 is 0 Å². The van der Waals surface area contributed by atoms with Crippen LogP contribution in [-0.4, -0.2) is 84.2 Å². The third-order valence-electron chi connectivity index (χ3n) is 4.96. The van der Waals surface area contributed by atoms with Gasteiger partial charge in [-0.3, -0.25) is 0 Å². The van der Waals surface area contributed by atoms with E-state index in [2.05, 4.69) is 14.9 Å². The number of carbonyl (C=O) groups is 1. The van der Waals surface area contributed by atoms with Gasteiger partial charge in [-0.15, -0.1) is 5.10 Å². The highest BCUT2D eigenvalue weighted by atomic mass is 16.6. The van der Waals surface area contributed by atoms with Crippen molar-refractivity contribution in [1.29, 1.82) is 0 Å². The zero-order chi connectivity index (χ0) is 20.9. The minimum atomic E-state index is -0.310. The van der Waals surface area contributed by atoms with Crippen molar-refractivity contribution in [2.45, 2.75) is 0 Å². The molecule has 3 aromatic rings. The van der Waals surface area contributed by atoms with Crippen LogP contribution in [0.25, 0.3) is 16.9 Å². The Bertz CT molecular complexity index is 1020. The number of piperazine rings is 1. The van der Waals surface area contributed by atoms with Crippen LogP contribution in [0.2, 0.25) is 0 Å². The minimum Gasteiger partial charge on any atom is -0.481 e. The molecule has 4 heterocycles. The molecule has 0 radical (unpaired) electrons. The van der Waals surface area contributed by atoms with Crippen LogP contribution in [0, 0.1) is 0 Å². The lowest BCUT2D eigenvalue weighted by molar-refractivity contribution is 0.0705. The molecule has 1 amide bonds. The molecule has 10 heteroatoms. The summed E-state index contributed by atoms with van der Waals surface area (Å²) >= 11 is 0. The van der Waals surface area contributed by atoms with Crippen LogP contribution in [0.1, 0.15) is 0 Å². The number of pyridine rings is 1. The Morgan fingerprint density at radius 2 is 1.90 bits per heavy atom. The topological polar surface area (TPSA) is 94.3 Å². The van der Waals surface area contributed by atoms with E-state index in [1.807, 2.05) is 24.3 Å². The molecule has 0 atom stereocenters. The SMILES string of the molecule is COCCOC(=O)N1CCN(c2ccc3ncc(-c4cccnc4OC)n3n2)CC1. The van der Waals surface area contributed by atoms with Gasteiger partial charge in [-0.25, -0.2) is 19.3 Å². The molecule has 0 aliphatic carbocycles. The van der Waals surface area contributed by atoms with Crippen LogP contribution in [0.4, 0.5) is 10.6 Å². The summed E-state index contributed by atoms with van der Waals surface area (Å²) in [5.74, 6) is 1.34. The highest BCUT2D eigenvalue weighted by molar-refractivity contribution is 5.69. The van der Waals surface area contributed by atoms with E-state index in [-0.39, 0.29) is 12.7 Å². The molecule has 0 N–H and O–H groups in total. The van der Waals surface area contributed by atoms with Crippen molar-refractivity contribution in [3.8, 4) is 17.1 Å². The summed E-state index contributed by atoms with van der Waals surface area (Å²) in [5.41, 5.74) is 2.36. The first kappa shape index (κ1) is 19.9. The van der Waals surface area contributed by atoms with Gasteiger partial charge in [0.1, 0.15) is 12.4 Å². The molecule has 0 aromatic carbocycles. The zero-order valence-corrected chi connectivity index (χ0v) is 17.0. The Balaban J connectivity index is 1.50. The fraction of sp³-hybridized carbons (Fsp3) is 0.400. The number of hydrogen-bond acceptors (Lipinski definition) is 8. The maximum Gasteiger partial charge on any atom is 0.409 e. The second-order valence-corrected chi connectivity index (χ2v) is 6.75. The molecule has 10 nitrogen and oxygen atoms in total. The van der Waals surface area contributed by atoms with Crippen LogP contribution >= 0.6 is 0 Å². The number of ether oxygens (including phenoxy) is 3. The Morgan fingerprint density at radius 1 is 1.07 bits per heavy atom. The molecule has 3 aromatic heterocycles. The van der Waals surface area contributed by atoms with E-state index in [0.717, 1.165) is 22.7 Å². The maximum absolute atomic E-state index is 12.1. The molecular formula is C20H24N6O4. The summed E-state index contributed by atoms with van der Waals surface area (Å²) in [6.07, 6.45) is 3.14. The van der Waals surface area contributed by atoms with Crippen LogP contribution in [0.3, 0.4) is 0 Å². The summed E-state index contributed by atoms with van der Waals surface area (Å²) in [6, 6.07) is 7.66. The van der Waals surface area contributed by atoms with Crippen LogP contribution in [-0.2, 0) is 9.47 Å². The van der Waals surface area contributed by atoms with Crippen molar-refractivity contribution in [3.63, 3.8) is 0 Å². The van der Waals surface area contributed by atoms with Crippen molar-refractivity contribution in [2.24, 2.45) is 0 Å². The first-order chi connectivity index (χ1) is 14.7. The van der Waals surface area contributed by atoms with Crippen molar-refractivity contribution in [2.75, 3.05) is 58.5 Å². The van der Waals surface area contributed by atoms with Crippen LogP contribution < -0.4 is 9.64 Å². The third-order valence-corrected chi connectivity index (χ3v) is 4.96. The quantitative estimate of drug-likeness (QED) is 0.565. The molecule has 4 rings (SSSR count). The highest BCUT2D eigenvalue weighted by Gasteiger charge is 2.23. The van der Waals surface area contributed by atoms with Gasteiger partial charge < -0.3 is 24.0 Å². The second kappa shape index (κ2) is 8.95. The number of anilines is 1. The average Bonchev–Trinajstić information content (AvgIpc) is 3.22. The number of rotatable bonds is 6. The predicted molar refractivity (Wildman–Crippen MR) is 110 cm³/mol. The second-order valence-electron chi connectivity index (χ2n) is 6.75. The molecule has 0 spiro atoms. The lowest BCUT2D eigenvalue weighted by Gasteiger charge is -2.34. The Labute approximate surface area is 174 Å². The molecule has 0 bridgehead atoms. The summed E-state index contributed by atoms with van der Waals surface area (Å²) < 4.78 is 17.3. The Hall–Kier alpha value is -3.40. The van der Waals surface area contributed by atoms with E-state index in [4.69, 9.17) is 19.3 Å². The molecule has 0 unspecified atom stereocenters. The van der Waals surface area contributed by atoms with Gasteiger partial charge in [-0.2, -0.15) is 0 Å². The summed E-state index contributed by atoms with van der Waals surface area (Å²) in [6.45, 7) is 3.12. The number of imidazole rings is 1. The minimum absolute atomic E-state index is 0.259. The van der Waals surface area contributed by atoms with Gasteiger partial charge >= 0.3 is 6.09 Å². The van der Waals surface area contributed by atoms with Crippen molar-refractivity contribution < 1.29 is 19.0 Å². The highest BCUT2D eigenvalue weighted by Crippen LogP contribution is 2.28. The molecule has 1 aliphatic heterocycles. The molecular weight excluding hydrogens is 388 g/mol. The van der Waals surface area contributed by atoms with Gasteiger partial charge in [0.05, 0.1) is 31.2 Å². The number of amides is 1. The van der Waals surface area contributed by atoms with Gasteiger partial charge in [0.2, 0.25) is 5.88 Å². The number of nitrogens with zero attached hydrogens (tertiary/aromatic N) is 6. The van der Waals surface area contributed by atoms with Crippen molar-refractivity contribution >= 4 is 17.6 Å². The number of hydrogen-bond donors (Lipinski definition) is 0. The first-order valence-electron chi connectivity index (χ1n) is 9.71. The molecule has 1 fully saturated rings. The largest absolute Gasteiger partial charge is 0.481 e. The van der Waals surface area contributed by atoms with E-state index in [1.54, 1.807) is 36.0 Å². The monoisotopic (exact) mass is 412 g/mol. The molecule has 1 saturated heterocycles. The zero-order valence-electron chi connectivity index (χ0n) is 17.0. The van der Waals surface area contributed by atoms with Crippen molar-refractivity contribution in [3.05, 3.63) is 36.7 Å². The number of aromatic nitrogens is 4. The van der Waals surface area contributed by atoms with E-state index < -0.39 is 0 Å². The van der Waals surface area contributed by atoms with Gasteiger partial charge in [0, 0.05) is 39.5 Å². The fourth-order valence-electron chi connectivity index (χ4n) is 3.39. The molecule has 158 valence electrons. The molecule has 30 heavy (non-hydrogen) atoms. The van der Waals surface area contributed by atoms with Crippen molar-refractivity contribution in [1.82, 2.24) is 24.5 Å². The van der Waals surface area contributed by atoms with Gasteiger partial charge in [0.15, 0.2) is 5.65 Å². The van der Waals surface area contributed by atoms with Crippen LogP contribution in [0.15, 0.2) is 36.7 Å². The molecule has 1 aliphatic rings. The van der Waals surface area contributed by atoms with Gasteiger partial charge in [-0.05, 0) is 24.3 Å². The summed E-state index contributed by atoms with van der Waals surface area (Å²) in [7, 11) is 3.17. The van der Waals surface area contributed by atoms with E-state index in [1.165, 1.54) is 0 Å². The number of carbonyl (C=O) groups excluding carboxylic acids is 1. The standard InChI is InChI=1S/C20H24N6O4/c1-28-12-13-30-20(27)25-10-8-24(9-11-25)18-6-5-17-22-14-16(26(17)23-18)15-4-3-7-21-19(15)29-2/h3-7,14H,8-13H2,1-2H3. The molecule has 0 saturated carbocycles. The van der Waals surface area contributed by atoms with E-state index in [0.29, 0.717) is 38.7 Å². The first-order valence-corrected chi connectivity index (χ1v) is 9.71. The van der Waals surface area contributed by atoms with Crippen LogP contribution in [0.5, 0.6) is 5.88 Å². The smallest absolute Gasteiger partial charge is 0.409 e. The maximum atomic E-state index is 12.1. The van der Waals surface area contributed by atoms with Gasteiger partial charge in [0.25, 0.3) is 0 Å². The summed E-state index contributed by atoms with van der Waals surface area (Å²) in [5, 5.41) is 4.79. The lowest BCUT2D eigenvalue weighted by atomic mass is 10.2. The number of fused-ring (bicyclic) bond motifs is 1. The summed E-state index contributed by atoms with van der Waals surface area (Å²) in [4.78, 5) is 24.7. The van der Waals surface area contributed by atoms with E-state index in [9.17, 15) is 4.79 Å². The Kier molecular flexibility index (Phi) is 5.94. The van der Waals surface area contributed by atoms with Gasteiger partial charge in [-0.1, -0.05) is 0 Å². The Morgan fingerprint density at radius 3 is 2.67 bits per heavy atom. The fourth-order valence-corrected chi connectivity index (χ4v) is 3.39. The number of methoxy groups -OCH3 is 2. The third kappa shape index (κ3) is 3.99. The lowest BCUT2D eigenvalue weighted by Crippen LogP contribution is -2.49. The predicted octanol–water partition coefficient (Wildman–Crippen LogP) is 1.70. The average molecular weight is 412 g/mol.